The van der Waals surface area contributed by atoms with Crippen molar-refractivity contribution in [1.82, 2.24) is 9.97 Å². The van der Waals surface area contributed by atoms with Gasteiger partial charge >= 0.3 is 6.03 Å². The van der Waals surface area contributed by atoms with Gasteiger partial charge in [0.2, 0.25) is 5.89 Å². The molecule has 2 aromatic heterocycles. The van der Waals surface area contributed by atoms with Crippen LogP contribution in [0.25, 0.3) is 0 Å². The summed E-state index contributed by atoms with van der Waals surface area (Å²) in [5.41, 5.74) is 1.86. The Morgan fingerprint density at radius 1 is 1.17 bits per heavy atom. The Hall–Kier alpha value is -2.56. The summed E-state index contributed by atoms with van der Waals surface area (Å²) in [6.45, 7) is 5.28. The lowest BCUT2D eigenvalue weighted by Gasteiger charge is -2.28. The molecular formula is C20H23N5O3S2. The molecule has 3 aromatic rings. The third-order valence-corrected chi connectivity index (χ3v) is 6.59. The van der Waals surface area contributed by atoms with Crippen LogP contribution in [0.3, 0.4) is 0 Å². The van der Waals surface area contributed by atoms with E-state index in [1.807, 2.05) is 31.2 Å². The van der Waals surface area contributed by atoms with Gasteiger partial charge in [-0.15, -0.1) is 11.8 Å². The molecule has 3 heterocycles. The second-order valence-electron chi connectivity index (χ2n) is 6.57. The Morgan fingerprint density at radius 3 is 2.70 bits per heavy atom. The van der Waals surface area contributed by atoms with Gasteiger partial charge in [-0.1, -0.05) is 18.3 Å². The Morgan fingerprint density at radius 2 is 1.97 bits per heavy atom. The molecule has 158 valence electrons. The molecule has 2 N–H and O–H groups in total. The second kappa shape index (κ2) is 9.96. The number of morpholine rings is 1. The first-order valence-electron chi connectivity index (χ1n) is 9.72. The molecule has 0 atom stereocenters. The molecule has 0 saturated carbocycles. The number of urea groups is 1. The number of hydrogen-bond acceptors (Lipinski definition) is 8. The van der Waals surface area contributed by atoms with Crippen molar-refractivity contribution in [3.05, 3.63) is 48.3 Å². The quantitative estimate of drug-likeness (QED) is 0.519. The lowest BCUT2D eigenvalue weighted by atomic mass is 10.2. The smallest absolute Gasteiger partial charge is 0.325 e. The minimum absolute atomic E-state index is 0.319. The number of aryl methyl sites for hydroxylation is 1. The van der Waals surface area contributed by atoms with Crippen molar-refractivity contribution < 1.29 is 13.9 Å². The maximum Gasteiger partial charge on any atom is 0.325 e. The lowest BCUT2D eigenvalue weighted by Crippen LogP contribution is -2.36. The Kier molecular flexibility index (Phi) is 6.88. The highest BCUT2D eigenvalue weighted by Crippen LogP contribution is 2.30. The molecule has 1 fully saturated rings. The first-order valence-corrected chi connectivity index (χ1v) is 11.5. The van der Waals surface area contributed by atoms with Crippen LogP contribution < -0.4 is 15.5 Å². The van der Waals surface area contributed by atoms with Gasteiger partial charge in [0, 0.05) is 30.9 Å². The summed E-state index contributed by atoms with van der Waals surface area (Å²) < 4.78 is 12.0. The highest BCUT2D eigenvalue weighted by atomic mass is 32.2. The van der Waals surface area contributed by atoms with Crippen LogP contribution in [0.15, 0.2) is 45.3 Å². The van der Waals surface area contributed by atoms with Crippen molar-refractivity contribution in [2.45, 2.75) is 23.3 Å². The van der Waals surface area contributed by atoms with Crippen molar-refractivity contribution in [3.8, 4) is 0 Å². The van der Waals surface area contributed by atoms with E-state index < -0.39 is 0 Å². The van der Waals surface area contributed by atoms with Gasteiger partial charge in [0.1, 0.15) is 5.76 Å². The number of anilines is 3. The number of thioether (sulfide) groups is 1. The standard InChI is InChI=1S/C20H23N5O3S2/c1-2-16-11-21-17(28-16)13-29-18-12-22-20(30-18)24-19(26)23-14-3-5-15(6-4-14)25-7-9-27-10-8-25/h3-6,11-12H,2,7-10,13H2,1H3,(H2,22,23,24,26). The molecule has 0 aliphatic carbocycles. The minimum Gasteiger partial charge on any atom is -0.445 e. The topological polar surface area (TPSA) is 92.5 Å². The zero-order valence-electron chi connectivity index (χ0n) is 16.6. The lowest BCUT2D eigenvalue weighted by molar-refractivity contribution is 0.122. The number of nitrogens with zero attached hydrogens (tertiary/aromatic N) is 3. The molecule has 30 heavy (non-hydrogen) atoms. The van der Waals surface area contributed by atoms with E-state index in [4.69, 9.17) is 9.15 Å². The Balaban J connectivity index is 1.25. The van der Waals surface area contributed by atoms with Crippen LogP contribution in [-0.4, -0.2) is 42.3 Å². The van der Waals surface area contributed by atoms with E-state index in [9.17, 15) is 4.79 Å². The second-order valence-corrected chi connectivity index (χ2v) is 8.88. The number of carbonyl (C=O) groups is 1. The summed E-state index contributed by atoms with van der Waals surface area (Å²) in [6, 6.07) is 7.49. The van der Waals surface area contributed by atoms with Crippen molar-refractivity contribution in [2.75, 3.05) is 41.8 Å². The summed E-state index contributed by atoms with van der Waals surface area (Å²) in [4.78, 5) is 23.1. The van der Waals surface area contributed by atoms with Crippen LogP contribution in [0.2, 0.25) is 0 Å². The van der Waals surface area contributed by atoms with Gasteiger partial charge in [-0.25, -0.2) is 14.8 Å². The molecule has 8 nitrogen and oxygen atoms in total. The first-order chi connectivity index (χ1) is 14.7. The summed E-state index contributed by atoms with van der Waals surface area (Å²) in [6.07, 6.45) is 4.33. The fourth-order valence-electron chi connectivity index (χ4n) is 2.93. The van der Waals surface area contributed by atoms with Gasteiger partial charge in [-0.05, 0) is 24.3 Å². The van der Waals surface area contributed by atoms with Gasteiger partial charge in [0.05, 0.1) is 35.6 Å². The number of rotatable bonds is 7. The average molecular weight is 446 g/mol. The predicted molar refractivity (Wildman–Crippen MR) is 120 cm³/mol. The zero-order valence-corrected chi connectivity index (χ0v) is 18.2. The molecular weight excluding hydrogens is 422 g/mol. The summed E-state index contributed by atoms with van der Waals surface area (Å²) in [5.74, 6) is 2.20. The predicted octanol–water partition coefficient (Wildman–Crippen LogP) is 4.47. The number of thiazole rings is 1. The van der Waals surface area contributed by atoms with E-state index in [-0.39, 0.29) is 6.03 Å². The van der Waals surface area contributed by atoms with Crippen LogP contribution in [0.4, 0.5) is 21.3 Å². The maximum absolute atomic E-state index is 12.3. The summed E-state index contributed by atoms with van der Waals surface area (Å²) in [5, 5.41) is 6.16. The normalized spacial score (nSPS) is 14.0. The Labute approximate surface area is 183 Å². The highest BCUT2D eigenvalue weighted by Gasteiger charge is 2.12. The SMILES string of the molecule is CCc1cnc(CSc2cnc(NC(=O)Nc3ccc(N4CCOCC4)cc3)s2)o1. The van der Waals surface area contributed by atoms with Crippen molar-refractivity contribution in [1.29, 1.82) is 0 Å². The molecule has 10 heteroatoms. The third kappa shape index (κ3) is 5.53. The number of aromatic nitrogens is 2. The number of benzene rings is 1. The van der Waals surface area contributed by atoms with Gasteiger partial charge in [-0.2, -0.15) is 0 Å². The maximum atomic E-state index is 12.3. The van der Waals surface area contributed by atoms with E-state index >= 15 is 0 Å². The number of hydrogen-bond donors (Lipinski definition) is 2. The zero-order chi connectivity index (χ0) is 20.8. The molecule has 1 saturated heterocycles. The number of oxazole rings is 1. The van der Waals surface area contributed by atoms with Gasteiger partial charge < -0.3 is 19.4 Å². The van der Waals surface area contributed by atoms with Crippen molar-refractivity contribution >= 4 is 45.6 Å². The van der Waals surface area contributed by atoms with E-state index in [2.05, 4.69) is 25.5 Å². The van der Waals surface area contributed by atoms with E-state index in [0.29, 0.717) is 16.8 Å². The van der Waals surface area contributed by atoms with Crippen LogP contribution in [-0.2, 0) is 16.9 Å². The summed E-state index contributed by atoms with van der Waals surface area (Å²) >= 11 is 3.00. The van der Waals surface area contributed by atoms with E-state index in [1.165, 1.54) is 11.3 Å². The molecule has 4 rings (SSSR count). The van der Waals surface area contributed by atoms with Gasteiger partial charge in [0.15, 0.2) is 5.13 Å². The number of carbonyl (C=O) groups excluding carboxylic acids is 1. The van der Waals surface area contributed by atoms with Crippen LogP contribution in [0.5, 0.6) is 0 Å². The van der Waals surface area contributed by atoms with Crippen LogP contribution >= 0.6 is 23.1 Å². The first kappa shape index (κ1) is 20.7. The fraction of sp³-hybridized carbons (Fsp3) is 0.350. The number of amides is 2. The fourth-order valence-corrected chi connectivity index (χ4v) is 4.65. The Bertz CT molecular complexity index is 967. The average Bonchev–Trinajstić information content (AvgIpc) is 3.42. The molecule has 0 spiro atoms. The molecule has 0 radical (unpaired) electrons. The van der Waals surface area contributed by atoms with Crippen LogP contribution in [0, 0.1) is 0 Å². The van der Waals surface area contributed by atoms with Crippen LogP contribution in [0.1, 0.15) is 18.6 Å². The third-order valence-electron chi connectivity index (χ3n) is 4.49. The summed E-state index contributed by atoms with van der Waals surface area (Å²) in [7, 11) is 0. The number of nitrogens with one attached hydrogen (secondary N) is 2. The highest BCUT2D eigenvalue weighted by molar-refractivity contribution is 8.00. The minimum atomic E-state index is -0.319. The van der Waals surface area contributed by atoms with Crippen molar-refractivity contribution in [2.24, 2.45) is 0 Å². The van der Waals surface area contributed by atoms with E-state index in [1.54, 1.807) is 24.2 Å². The molecule has 1 aliphatic heterocycles. The van der Waals surface area contributed by atoms with E-state index in [0.717, 1.165) is 54.1 Å². The molecule has 1 aromatic carbocycles. The molecule has 2 amide bonds. The monoisotopic (exact) mass is 445 g/mol. The molecule has 0 unspecified atom stereocenters. The van der Waals surface area contributed by atoms with Crippen molar-refractivity contribution in [3.63, 3.8) is 0 Å². The molecule has 0 bridgehead atoms. The largest absolute Gasteiger partial charge is 0.445 e. The van der Waals surface area contributed by atoms with Gasteiger partial charge in [0.25, 0.3) is 0 Å². The number of ether oxygens (including phenoxy) is 1. The molecule has 1 aliphatic rings. The van der Waals surface area contributed by atoms with Gasteiger partial charge in [-0.3, -0.25) is 5.32 Å².